The molecule has 0 heterocycles. The average Bonchev–Trinajstić information content (AvgIpc) is 2.35. The first-order chi connectivity index (χ1) is 7.66. The van der Waals surface area contributed by atoms with E-state index >= 15 is 0 Å². The number of rotatable bonds is 2. The van der Waals surface area contributed by atoms with Crippen LogP contribution in [0.15, 0.2) is 12.1 Å². The second-order valence-electron chi connectivity index (χ2n) is 2.35. The van der Waals surface area contributed by atoms with Gasteiger partial charge < -0.3 is 5.32 Å². The molecule has 1 nitrogen and oxygen atoms in total. The molecule has 1 rings (SSSR count). The summed E-state index contributed by atoms with van der Waals surface area (Å²) >= 11 is 5.52. The molecule has 0 atom stereocenters. The predicted octanol–water partition coefficient (Wildman–Crippen LogP) is 4.39. The highest BCUT2D eigenvalue weighted by molar-refractivity contribution is 6.31. The second-order valence-corrected chi connectivity index (χ2v) is 2.73. The normalized spacial score (nSPS) is 8.50. The molecule has 1 N–H and O–H groups in total. The number of halogens is 3. The Morgan fingerprint density at radius 2 is 1.50 bits per heavy atom. The molecule has 16 heavy (non-hydrogen) atoms. The maximum Gasteiger partial charge on any atom is 0.142 e. The summed E-state index contributed by atoms with van der Waals surface area (Å²) in [4.78, 5) is 0. The lowest BCUT2D eigenvalue weighted by molar-refractivity contribution is 0.578. The van der Waals surface area contributed by atoms with Crippen LogP contribution in [0.3, 0.4) is 0 Å². The van der Waals surface area contributed by atoms with E-state index in [0.717, 1.165) is 12.1 Å². The summed E-state index contributed by atoms with van der Waals surface area (Å²) in [5, 5.41) is 2.55. The van der Waals surface area contributed by atoms with Gasteiger partial charge in [-0.25, -0.2) is 8.78 Å². The zero-order chi connectivity index (χ0) is 13.1. The van der Waals surface area contributed by atoms with Crippen LogP contribution in [0.25, 0.3) is 0 Å². The van der Waals surface area contributed by atoms with Gasteiger partial charge in [-0.2, -0.15) is 0 Å². The number of benzene rings is 1. The minimum atomic E-state index is -0.594. The first-order valence-corrected chi connectivity index (χ1v) is 5.81. The van der Waals surface area contributed by atoms with Gasteiger partial charge in [-0.3, -0.25) is 0 Å². The van der Waals surface area contributed by atoms with Crippen LogP contribution in [0.2, 0.25) is 5.02 Å². The fourth-order valence-corrected chi connectivity index (χ4v) is 1.13. The molecule has 0 aliphatic carbocycles. The summed E-state index contributed by atoms with van der Waals surface area (Å²) in [6.45, 7) is 8.22. The fraction of sp³-hybridized carbons (Fsp3) is 0.500. The van der Waals surface area contributed by atoms with E-state index < -0.39 is 11.6 Å². The molecule has 0 aliphatic rings. The molecule has 0 fully saturated rings. The van der Waals surface area contributed by atoms with Gasteiger partial charge in [0, 0.05) is 12.1 Å². The van der Waals surface area contributed by atoms with E-state index in [1.165, 1.54) is 0 Å². The molecule has 0 aromatic heterocycles. The Hall–Kier alpha value is -0.670. The maximum absolute atomic E-state index is 12.9. The van der Waals surface area contributed by atoms with Crippen molar-refractivity contribution >= 4 is 11.6 Å². The zero-order valence-electron chi connectivity index (χ0n) is 10.5. The average molecular weight is 252 g/mol. The lowest BCUT2D eigenvalue weighted by Crippen LogP contribution is -2.08. The quantitative estimate of drug-likeness (QED) is 0.769. The number of nitrogens with one attached hydrogen (secondary N) is 1. The van der Waals surface area contributed by atoms with Gasteiger partial charge in [0.2, 0.25) is 0 Å². The Bertz CT molecular complexity index is 291. The Balaban J connectivity index is 0. The third-order valence-electron chi connectivity index (χ3n) is 1.49. The third-order valence-corrected chi connectivity index (χ3v) is 1.90. The van der Waals surface area contributed by atoms with Crippen molar-refractivity contribution in [2.24, 2.45) is 0 Å². The molecule has 1 aromatic carbocycles. The van der Waals surface area contributed by atoms with Crippen LogP contribution in [0.5, 0.6) is 0 Å². The highest BCUT2D eigenvalue weighted by Crippen LogP contribution is 2.22. The Morgan fingerprint density at radius 1 is 1.06 bits per heavy atom. The second kappa shape index (κ2) is 10.8. The maximum atomic E-state index is 12.9. The molecular formula is C12H20ClF2N. The van der Waals surface area contributed by atoms with E-state index in [9.17, 15) is 8.78 Å². The van der Waals surface area contributed by atoms with Crippen molar-refractivity contribution in [2.75, 3.05) is 7.05 Å². The smallest absolute Gasteiger partial charge is 0.142 e. The molecule has 4 heteroatoms. The van der Waals surface area contributed by atoms with Gasteiger partial charge in [-0.15, -0.1) is 0 Å². The highest BCUT2D eigenvalue weighted by atomic mass is 35.5. The van der Waals surface area contributed by atoms with E-state index in [-0.39, 0.29) is 17.1 Å². The molecule has 0 amide bonds. The monoisotopic (exact) mass is 251 g/mol. The topological polar surface area (TPSA) is 12.0 Å². The van der Waals surface area contributed by atoms with Crippen LogP contribution in [0, 0.1) is 11.6 Å². The van der Waals surface area contributed by atoms with Crippen LogP contribution in [0.1, 0.15) is 33.3 Å². The van der Waals surface area contributed by atoms with Gasteiger partial charge in [0.15, 0.2) is 0 Å². The van der Waals surface area contributed by atoms with Crippen molar-refractivity contribution in [1.29, 1.82) is 0 Å². The van der Waals surface area contributed by atoms with E-state index in [2.05, 4.69) is 5.32 Å². The highest BCUT2D eigenvalue weighted by Gasteiger charge is 2.10. The summed E-state index contributed by atoms with van der Waals surface area (Å²) in [5.41, 5.74) is 0.166. The van der Waals surface area contributed by atoms with Gasteiger partial charge in [-0.05, 0) is 19.2 Å². The minimum Gasteiger partial charge on any atom is -0.316 e. The van der Waals surface area contributed by atoms with Crippen LogP contribution >= 0.6 is 11.6 Å². The molecule has 0 unspecified atom stereocenters. The molecule has 0 spiro atoms. The van der Waals surface area contributed by atoms with Crippen molar-refractivity contribution in [2.45, 2.75) is 34.2 Å². The molecule has 0 saturated heterocycles. The van der Waals surface area contributed by atoms with E-state index in [1.807, 2.05) is 27.7 Å². The van der Waals surface area contributed by atoms with Crippen LogP contribution in [0.4, 0.5) is 8.78 Å². The standard InChI is InChI=1S/C8H8ClF2N.2C2H6/c1-12-4-5-6(10)2-3-7(11)8(5)9;2*1-2/h2-3,12H,4H2,1H3;2*1-2H3. The van der Waals surface area contributed by atoms with Crippen molar-refractivity contribution < 1.29 is 8.78 Å². The minimum absolute atomic E-state index is 0.149. The van der Waals surface area contributed by atoms with Gasteiger partial charge in [0.25, 0.3) is 0 Å². The lowest BCUT2D eigenvalue weighted by atomic mass is 10.2. The molecule has 0 radical (unpaired) electrons. The van der Waals surface area contributed by atoms with Crippen LogP contribution < -0.4 is 5.32 Å². The van der Waals surface area contributed by atoms with Crippen LogP contribution in [-0.4, -0.2) is 7.05 Å². The summed E-state index contributed by atoms with van der Waals surface area (Å²) in [6.07, 6.45) is 0. The van der Waals surface area contributed by atoms with Crippen molar-refractivity contribution in [3.05, 3.63) is 34.4 Å². The first kappa shape index (κ1) is 17.7. The zero-order valence-corrected chi connectivity index (χ0v) is 11.3. The Morgan fingerprint density at radius 3 is 1.94 bits per heavy atom. The Labute approximate surface area is 102 Å². The van der Waals surface area contributed by atoms with Gasteiger partial charge >= 0.3 is 0 Å². The predicted molar refractivity (Wildman–Crippen MR) is 66.8 cm³/mol. The molecule has 94 valence electrons. The van der Waals surface area contributed by atoms with Crippen molar-refractivity contribution in [1.82, 2.24) is 5.32 Å². The Kier molecular flexibility index (Phi) is 12.0. The fourth-order valence-electron chi connectivity index (χ4n) is 0.908. The number of hydrogen-bond acceptors (Lipinski definition) is 1. The molecular weight excluding hydrogens is 232 g/mol. The van der Waals surface area contributed by atoms with Gasteiger partial charge in [-0.1, -0.05) is 39.3 Å². The summed E-state index contributed by atoms with van der Waals surface area (Å²) < 4.78 is 25.7. The summed E-state index contributed by atoms with van der Waals surface area (Å²) in [7, 11) is 1.64. The molecule has 0 aliphatic heterocycles. The van der Waals surface area contributed by atoms with E-state index in [4.69, 9.17) is 11.6 Å². The van der Waals surface area contributed by atoms with Crippen molar-refractivity contribution in [3.8, 4) is 0 Å². The van der Waals surface area contributed by atoms with Crippen molar-refractivity contribution in [3.63, 3.8) is 0 Å². The van der Waals surface area contributed by atoms with Crippen LogP contribution in [-0.2, 0) is 6.54 Å². The third kappa shape index (κ3) is 5.42. The number of hydrogen-bond donors (Lipinski definition) is 1. The van der Waals surface area contributed by atoms with E-state index in [1.54, 1.807) is 7.05 Å². The molecule has 0 saturated carbocycles. The first-order valence-electron chi connectivity index (χ1n) is 5.43. The molecule has 1 aromatic rings. The van der Waals surface area contributed by atoms with Gasteiger partial charge in [0.1, 0.15) is 11.6 Å². The van der Waals surface area contributed by atoms with E-state index in [0.29, 0.717) is 0 Å². The largest absolute Gasteiger partial charge is 0.316 e. The lowest BCUT2D eigenvalue weighted by Gasteiger charge is -2.04. The van der Waals surface area contributed by atoms with Gasteiger partial charge in [0.05, 0.1) is 5.02 Å². The SMILES string of the molecule is CC.CC.CNCc1c(F)ccc(F)c1Cl. The summed E-state index contributed by atoms with van der Waals surface area (Å²) in [6, 6.07) is 2.07. The summed E-state index contributed by atoms with van der Waals surface area (Å²) in [5.74, 6) is -1.08. The molecule has 0 bridgehead atoms.